The summed E-state index contributed by atoms with van der Waals surface area (Å²) < 4.78 is 5.85. The maximum atomic E-state index is 12.9. The van der Waals surface area contributed by atoms with Crippen molar-refractivity contribution in [3.05, 3.63) is 34.2 Å². The molecule has 3 aliphatic rings. The molecule has 27 heavy (non-hydrogen) atoms. The molecule has 0 radical (unpaired) electrons. The van der Waals surface area contributed by atoms with Crippen molar-refractivity contribution in [3.63, 3.8) is 0 Å². The van der Waals surface area contributed by atoms with Crippen molar-refractivity contribution in [2.75, 3.05) is 32.1 Å². The molecule has 6 nitrogen and oxygen atoms in total. The average Bonchev–Trinajstić information content (AvgIpc) is 3.44. The van der Waals surface area contributed by atoms with Crippen LogP contribution in [-0.2, 0) is 13.0 Å². The number of amides is 1. The fourth-order valence-electron chi connectivity index (χ4n) is 4.69. The Morgan fingerprint density at radius 3 is 2.96 bits per heavy atom. The van der Waals surface area contributed by atoms with Crippen LogP contribution < -0.4 is 4.90 Å². The quantitative estimate of drug-likeness (QED) is 0.807. The van der Waals surface area contributed by atoms with Crippen LogP contribution in [0, 0.1) is 0 Å². The van der Waals surface area contributed by atoms with E-state index in [9.17, 15) is 4.79 Å². The van der Waals surface area contributed by atoms with Gasteiger partial charge in [0.05, 0.1) is 12.2 Å². The summed E-state index contributed by atoms with van der Waals surface area (Å²) in [4.78, 5) is 25.6. The highest BCUT2D eigenvalue weighted by Gasteiger charge is 2.40. The van der Waals surface area contributed by atoms with Crippen molar-refractivity contribution in [3.8, 4) is 0 Å². The Kier molecular flexibility index (Phi) is 4.33. The van der Waals surface area contributed by atoms with Crippen molar-refractivity contribution >= 4 is 22.4 Å². The van der Waals surface area contributed by atoms with Crippen LogP contribution in [0.5, 0.6) is 0 Å². The van der Waals surface area contributed by atoms with Gasteiger partial charge in [0, 0.05) is 30.4 Å². The Bertz CT molecular complexity index is 854. The topological polar surface area (TPSA) is 52.8 Å². The van der Waals surface area contributed by atoms with Gasteiger partial charge >= 0.3 is 0 Å². The van der Waals surface area contributed by atoms with Crippen LogP contribution in [0.1, 0.15) is 58.6 Å². The van der Waals surface area contributed by atoms with Crippen molar-refractivity contribution in [1.29, 1.82) is 0 Å². The van der Waals surface area contributed by atoms with E-state index in [1.54, 1.807) is 29.4 Å². The summed E-state index contributed by atoms with van der Waals surface area (Å²) in [5.74, 6) is 1.15. The standard InChI is InChI=1S/C20H26N4O2S/c1-22-13-5-7-16(22)18-15(11-13)21-20(27-18)23(2)19(25)17-8-6-14(26-17)12-24-9-3-4-10-24/h6,8,13,16H,3-5,7,9-12H2,1-2H3. The third-order valence-corrected chi connectivity index (χ3v) is 7.61. The van der Waals surface area contributed by atoms with Gasteiger partial charge in [-0.05, 0) is 58.0 Å². The maximum Gasteiger partial charge on any atom is 0.295 e. The lowest BCUT2D eigenvalue weighted by Gasteiger charge is -2.29. The second-order valence-corrected chi connectivity index (χ2v) is 9.05. The number of thiazole rings is 1. The van der Waals surface area contributed by atoms with Crippen LogP contribution in [0.2, 0.25) is 0 Å². The summed E-state index contributed by atoms with van der Waals surface area (Å²) in [5.41, 5.74) is 1.19. The van der Waals surface area contributed by atoms with E-state index < -0.39 is 0 Å². The molecule has 3 aliphatic heterocycles. The van der Waals surface area contributed by atoms with Gasteiger partial charge in [0.2, 0.25) is 0 Å². The first kappa shape index (κ1) is 17.4. The number of nitrogens with zero attached hydrogens (tertiary/aromatic N) is 4. The van der Waals surface area contributed by atoms with Gasteiger partial charge < -0.3 is 4.42 Å². The molecule has 0 saturated carbocycles. The fourth-order valence-corrected chi connectivity index (χ4v) is 5.93. The molecular formula is C20H26N4O2S. The zero-order valence-corrected chi connectivity index (χ0v) is 16.8. The Morgan fingerprint density at radius 2 is 2.15 bits per heavy atom. The zero-order valence-electron chi connectivity index (χ0n) is 16.0. The molecule has 7 heteroatoms. The Labute approximate surface area is 163 Å². The summed E-state index contributed by atoms with van der Waals surface area (Å²) >= 11 is 1.66. The number of likely N-dealkylation sites (tertiary alicyclic amines) is 1. The van der Waals surface area contributed by atoms with Gasteiger partial charge in [0.1, 0.15) is 5.76 Å². The summed E-state index contributed by atoms with van der Waals surface area (Å²) in [6.45, 7) is 3.02. The third-order valence-electron chi connectivity index (χ3n) is 6.33. The minimum Gasteiger partial charge on any atom is -0.455 e. The molecule has 0 spiro atoms. The lowest BCUT2D eigenvalue weighted by molar-refractivity contribution is 0.0963. The van der Waals surface area contributed by atoms with Gasteiger partial charge in [0.15, 0.2) is 10.9 Å². The monoisotopic (exact) mass is 386 g/mol. The van der Waals surface area contributed by atoms with Crippen molar-refractivity contribution in [2.45, 2.75) is 50.7 Å². The number of likely N-dealkylation sites (N-methyl/N-ethyl adjacent to an activating group) is 1. The highest BCUT2D eigenvalue weighted by atomic mass is 32.1. The zero-order chi connectivity index (χ0) is 18.5. The second-order valence-electron chi connectivity index (χ2n) is 8.04. The van der Waals surface area contributed by atoms with E-state index in [1.807, 2.05) is 6.07 Å². The van der Waals surface area contributed by atoms with E-state index in [2.05, 4.69) is 16.8 Å². The predicted octanol–water partition coefficient (Wildman–Crippen LogP) is 3.30. The van der Waals surface area contributed by atoms with Crippen LogP contribution in [0.15, 0.2) is 16.5 Å². The SMILES string of the molecule is CN(C(=O)c1ccc(CN2CCCC2)o1)c1nc2c(s1)C1CCC(C2)N1C. The second kappa shape index (κ2) is 6.72. The molecule has 0 aliphatic carbocycles. The number of hydrogen-bond donors (Lipinski definition) is 0. The summed E-state index contributed by atoms with van der Waals surface area (Å²) in [5, 5.41) is 0.781. The van der Waals surface area contributed by atoms with Crippen LogP contribution in [0.25, 0.3) is 0 Å². The molecule has 2 fully saturated rings. The molecule has 2 bridgehead atoms. The van der Waals surface area contributed by atoms with E-state index in [0.29, 0.717) is 17.8 Å². The minimum atomic E-state index is -0.118. The van der Waals surface area contributed by atoms with Crippen molar-refractivity contribution in [1.82, 2.24) is 14.8 Å². The maximum absolute atomic E-state index is 12.9. The first-order valence-electron chi connectivity index (χ1n) is 9.91. The smallest absolute Gasteiger partial charge is 0.295 e. The molecule has 2 atom stereocenters. The molecule has 144 valence electrons. The van der Waals surface area contributed by atoms with Gasteiger partial charge in [-0.1, -0.05) is 11.3 Å². The lowest BCUT2D eigenvalue weighted by atomic mass is 10.1. The average molecular weight is 387 g/mol. The minimum absolute atomic E-state index is 0.118. The summed E-state index contributed by atoms with van der Waals surface area (Å²) in [7, 11) is 4.02. The van der Waals surface area contributed by atoms with Crippen molar-refractivity contribution < 1.29 is 9.21 Å². The number of hydrogen-bond acceptors (Lipinski definition) is 6. The van der Waals surface area contributed by atoms with Gasteiger partial charge in [0.25, 0.3) is 5.91 Å². The number of anilines is 1. The number of aromatic nitrogens is 1. The predicted molar refractivity (Wildman–Crippen MR) is 105 cm³/mol. The number of carbonyl (C=O) groups excluding carboxylic acids is 1. The molecular weight excluding hydrogens is 360 g/mol. The van der Waals surface area contributed by atoms with Gasteiger partial charge in [-0.25, -0.2) is 4.98 Å². The van der Waals surface area contributed by atoms with Crippen LogP contribution in [-0.4, -0.2) is 53.9 Å². The lowest BCUT2D eigenvalue weighted by Crippen LogP contribution is -2.33. The molecule has 0 aromatic carbocycles. The molecule has 5 heterocycles. The van der Waals surface area contributed by atoms with Crippen LogP contribution >= 0.6 is 11.3 Å². The molecule has 2 aromatic rings. The molecule has 0 N–H and O–H groups in total. The molecule has 2 saturated heterocycles. The number of carbonyl (C=O) groups is 1. The Balaban J connectivity index is 1.32. The molecule has 1 amide bonds. The van der Waals surface area contributed by atoms with Crippen molar-refractivity contribution in [2.24, 2.45) is 0 Å². The number of fused-ring (bicyclic) bond motifs is 4. The molecule has 5 rings (SSSR count). The Morgan fingerprint density at radius 1 is 1.33 bits per heavy atom. The first-order valence-corrected chi connectivity index (χ1v) is 10.7. The van der Waals surface area contributed by atoms with E-state index in [0.717, 1.165) is 36.9 Å². The summed E-state index contributed by atoms with van der Waals surface area (Å²) in [6, 6.07) is 4.81. The Hall–Kier alpha value is -1.70. The van der Waals surface area contributed by atoms with Crippen LogP contribution in [0.4, 0.5) is 5.13 Å². The van der Waals surface area contributed by atoms with E-state index in [4.69, 9.17) is 9.40 Å². The highest BCUT2D eigenvalue weighted by molar-refractivity contribution is 7.16. The number of rotatable bonds is 4. The van der Waals surface area contributed by atoms with Gasteiger partial charge in [-0.15, -0.1) is 0 Å². The fraction of sp³-hybridized carbons (Fsp3) is 0.600. The van der Waals surface area contributed by atoms with Gasteiger partial charge in [-0.3, -0.25) is 19.5 Å². The normalized spacial score (nSPS) is 25.1. The molecule has 2 aromatic heterocycles. The highest BCUT2D eigenvalue weighted by Crippen LogP contribution is 2.46. The van der Waals surface area contributed by atoms with Crippen LogP contribution in [0.3, 0.4) is 0 Å². The molecule has 2 unspecified atom stereocenters. The largest absolute Gasteiger partial charge is 0.455 e. The van der Waals surface area contributed by atoms with E-state index >= 15 is 0 Å². The van der Waals surface area contributed by atoms with E-state index in [1.165, 1.54) is 36.3 Å². The van der Waals surface area contributed by atoms with E-state index in [-0.39, 0.29) is 5.91 Å². The van der Waals surface area contributed by atoms with Gasteiger partial charge in [-0.2, -0.15) is 0 Å². The first-order chi connectivity index (χ1) is 13.1. The number of furan rings is 1. The third kappa shape index (κ3) is 3.02. The summed E-state index contributed by atoms with van der Waals surface area (Å²) in [6.07, 6.45) is 5.95.